The molecule has 3 heteroatoms. The zero-order valence-corrected chi connectivity index (χ0v) is 12.1. The SMILES string of the molecule is COc1ccccc1C(C)(O)c1cccc2ncccc12. The molecule has 0 aliphatic rings. The van der Waals surface area contributed by atoms with Crippen LogP contribution >= 0.6 is 0 Å². The molecule has 0 aliphatic heterocycles. The topological polar surface area (TPSA) is 42.4 Å². The fourth-order valence-corrected chi connectivity index (χ4v) is 2.72. The molecule has 0 aliphatic carbocycles. The van der Waals surface area contributed by atoms with E-state index in [0.717, 1.165) is 22.0 Å². The summed E-state index contributed by atoms with van der Waals surface area (Å²) in [5.74, 6) is 0.670. The first-order valence-corrected chi connectivity index (χ1v) is 6.84. The number of aliphatic hydroxyl groups is 1. The van der Waals surface area contributed by atoms with Gasteiger partial charge >= 0.3 is 0 Å². The van der Waals surface area contributed by atoms with Gasteiger partial charge in [-0.15, -0.1) is 0 Å². The van der Waals surface area contributed by atoms with E-state index in [9.17, 15) is 5.11 Å². The van der Waals surface area contributed by atoms with Crippen LogP contribution in [0.5, 0.6) is 5.75 Å². The second-order valence-electron chi connectivity index (χ2n) is 5.15. The van der Waals surface area contributed by atoms with Crippen molar-refractivity contribution in [1.82, 2.24) is 4.98 Å². The highest BCUT2D eigenvalue weighted by Crippen LogP contribution is 2.37. The van der Waals surface area contributed by atoms with Crippen molar-refractivity contribution in [2.24, 2.45) is 0 Å². The summed E-state index contributed by atoms with van der Waals surface area (Å²) in [5, 5.41) is 12.1. The minimum atomic E-state index is -1.16. The molecule has 0 saturated heterocycles. The van der Waals surface area contributed by atoms with Crippen molar-refractivity contribution in [3.8, 4) is 5.75 Å². The highest BCUT2D eigenvalue weighted by molar-refractivity contribution is 5.83. The number of benzene rings is 2. The standard InChI is InChI=1S/C18H17NO2/c1-18(20,15-8-3-4-11-17(15)21-2)14-9-5-10-16-13(14)7-6-12-19-16/h3-12,20H,1-2H3. The van der Waals surface area contributed by atoms with E-state index in [0.29, 0.717) is 5.75 Å². The van der Waals surface area contributed by atoms with Crippen LogP contribution in [0.25, 0.3) is 10.9 Å². The number of hydrogen-bond donors (Lipinski definition) is 1. The van der Waals surface area contributed by atoms with Gasteiger partial charge in [0, 0.05) is 17.1 Å². The van der Waals surface area contributed by atoms with E-state index in [2.05, 4.69) is 4.98 Å². The number of pyridine rings is 1. The number of fused-ring (bicyclic) bond motifs is 1. The predicted octanol–water partition coefficient (Wildman–Crippen LogP) is 3.50. The van der Waals surface area contributed by atoms with Crippen molar-refractivity contribution in [2.75, 3.05) is 7.11 Å². The number of rotatable bonds is 3. The molecule has 0 spiro atoms. The Kier molecular flexibility index (Phi) is 3.35. The first-order valence-electron chi connectivity index (χ1n) is 6.84. The summed E-state index contributed by atoms with van der Waals surface area (Å²) in [6.07, 6.45) is 1.75. The summed E-state index contributed by atoms with van der Waals surface area (Å²) >= 11 is 0. The molecule has 2 aromatic carbocycles. The van der Waals surface area contributed by atoms with Crippen LogP contribution < -0.4 is 4.74 Å². The van der Waals surface area contributed by atoms with Crippen molar-refractivity contribution in [1.29, 1.82) is 0 Å². The fourth-order valence-electron chi connectivity index (χ4n) is 2.72. The smallest absolute Gasteiger partial charge is 0.125 e. The third-order valence-electron chi connectivity index (χ3n) is 3.80. The molecule has 3 aromatic rings. The van der Waals surface area contributed by atoms with Gasteiger partial charge in [-0.25, -0.2) is 0 Å². The molecular weight excluding hydrogens is 262 g/mol. The molecule has 3 rings (SSSR count). The lowest BCUT2D eigenvalue weighted by atomic mass is 9.85. The van der Waals surface area contributed by atoms with Crippen molar-refractivity contribution in [3.63, 3.8) is 0 Å². The Hall–Kier alpha value is -2.39. The molecule has 1 aromatic heterocycles. The number of para-hydroxylation sites is 1. The molecule has 106 valence electrons. The molecule has 21 heavy (non-hydrogen) atoms. The minimum absolute atomic E-state index is 0.670. The van der Waals surface area contributed by atoms with Gasteiger partial charge in [0.2, 0.25) is 0 Å². The molecule has 0 bridgehead atoms. The summed E-state index contributed by atoms with van der Waals surface area (Å²) in [5.41, 5.74) is 1.27. The van der Waals surface area contributed by atoms with E-state index in [1.165, 1.54) is 0 Å². The average molecular weight is 279 g/mol. The monoisotopic (exact) mass is 279 g/mol. The second-order valence-corrected chi connectivity index (χ2v) is 5.15. The summed E-state index contributed by atoms with van der Waals surface area (Å²) in [7, 11) is 1.61. The Balaban J connectivity index is 2.25. The highest BCUT2D eigenvalue weighted by Gasteiger charge is 2.30. The molecular formula is C18H17NO2. The van der Waals surface area contributed by atoms with E-state index in [1.807, 2.05) is 54.6 Å². The van der Waals surface area contributed by atoms with Crippen molar-refractivity contribution in [2.45, 2.75) is 12.5 Å². The Bertz CT molecular complexity index is 776. The largest absolute Gasteiger partial charge is 0.496 e. The van der Waals surface area contributed by atoms with Crippen LogP contribution in [0.2, 0.25) is 0 Å². The lowest BCUT2D eigenvalue weighted by molar-refractivity contribution is 0.101. The number of ether oxygens (including phenoxy) is 1. The van der Waals surface area contributed by atoms with Crippen LogP contribution in [0.15, 0.2) is 60.8 Å². The third kappa shape index (κ3) is 2.26. The van der Waals surface area contributed by atoms with E-state index < -0.39 is 5.60 Å². The maximum Gasteiger partial charge on any atom is 0.125 e. The van der Waals surface area contributed by atoms with Crippen molar-refractivity contribution in [3.05, 3.63) is 71.9 Å². The summed E-state index contributed by atoms with van der Waals surface area (Å²) in [4.78, 5) is 4.35. The number of aromatic nitrogens is 1. The molecule has 0 fully saturated rings. The number of hydrogen-bond acceptors (Lipinski definition) is 3. The molecule has 1 unspecified atom stereocenters. The zero-order chi connectivity index (χ0) is 14.9. The van der Waals surface area contributed by atoms with E-state index >= 15 is 0 Å². The minimum Gasteiger partial charge on any atom is -0.496 e. The van der Waals surface area contributed by atoms with E-state index in [4.69, 9.17) is 4.74 Å². The van der Waals surface area contributed by atoms with E-state index in [-0.39, 0.29) is 0 Å². The van der Waals surface area contributed by atoms with Gasteiger partial charge in [-0.1, -0.05) is 36.4 Å². The van der Waals surface area contributed by atoms with Gasteiger partial charge in [-0.05, 0) is 30.7 Å². The van der Waals surface area contributed by atoms with Crippen LogP contribution in [-0.2, 0) is 5.60 Å². The molecule has 1 heterocycles. The van der Waals surface area contributed by atoms with E-state index in [1.54, 1.807) is 20.2 Å². The normalized spacial score (nSPS) is 13.9. The van der Waals surface area contributed by atoms with Crippen molar-refractivity contribution >= 4 is 10.9 Å². The van der Waals surface area contributed by atoms with Crippen LogP contribution in [-0.4, -0.2) is 17.2 Å². The van der Waals surface area contributed by atoms with Crippen molar-refractivity contribution < 1.29 is 9.84 Å². The van der Waals surface area contributed by atoms with Crippen LogP contribution in [0.4, 0.5) is 0 Å². The number of nitrogens with zero attached hydrogens (tertiary/aromatic N) is 1. The highest BCUT2D eigenvalue weighted by atomic mass is 16.5. The second kappa shape index (κ2) is 5.19. The Morgan fingerprint density at radius 2 is 1.71 bits per heavy atom. The van der Waals surface area contributed by atoms with Gasteiger partial charge in [-0.2, -0.15) is 0 Å². The summed E-state index contributed by atoms with van der Waals surface area (Å²) in [6, 6.07) is 17.2. The molecule has 1 N–H and O–H groups in total. The molecule has 0 radical (unpaired) electrons. The van der Waals surface area contributed by atoms with Gasteiger partial charge in [0.15, 0.2) is 0 Å². The first kappa shape index (κ1) is 13.6. The Morgan fingerprint density at radius 3 is 2.52 bits per heavy atom. The molecule has 0 amide bonds. The molecule has 3 nitrogen and oxygen atoms in total. The quantitative estimate of drug-likeness (QED) is 0.798. The van der Waals surface area contributed by atoms with Crippen LogP contribution in [0.1, 0.15) is 18.1 Å². The number of methoxy groups -OCH3 is 1. The fraction of sp³-hybridized carbons (Fsp3) is 0.167. The van der Waals surface area contributed by atoms with Gasteiger partial charge in [-0.3, -0.25) is 4.98 Å². The molecule has 1 atom stereocenters. The third-order valence-corrected chi connectivity index (χ3v) is 3.80. The van der Waals surface area contributed by atoms with Crippen LogP contribution in [0, 0.1) is 0 Å². The molecule has 0 saturated carbocycles. The lowest BCUT2D eigenvalue weighted by Gasteiger charge is -2.27. The maximum absolute atomic E-state index is 11.2. The van der Waals surface area contributed by atoms with Gasteiger partial charge in [0.25, 0.3) is 0 Å². The Labute approximate surface area is 123 Å². The van der Waals surface area contributed by atoms with Crippen LogP contribution in [0.3, 0.4) is 0 Å². The van der Waals surface area contributed by atoms with Gasteiger partial charge in [0.05, 0.1) is 12.6 Å². The summed E-state index contributed by atoms with van der Waals surface area (Å²) < 4.78 is 5.39. The zero-order valence-electron chi connectivity index (χ0n) is 12.1. The maximum atomic E-state index is 11.2. The Morgan fingerprint density at radius 1 is 0.952 bits per heavy atom. The first-order chi connectivity index (χ1) is 10.1. The summed E-state index contributed by atoms with van der Waals surface area (Å²) in [6.45, 7) is 1.78. The predicted molar refractivity (Wildman–Crippen MR) is 83.4 cm³/mol. The van der Waals surface area contributed by atoms with Gasteiger partial charge in [0.1, 0.15) is 11.4 Å². The lowest BCUT2D eigenvalue weighted by Crippen LogP contribution is -2.24. The van der Waals surface area contributed by atoms with Gasteiger partial charge < -0.3 is 9.84 Å². The average Bonchev–Trinajstić information content (AvgIpc) is 2.54.